The van der Waals surface area contributed by atoms with Crippen molar-refractivity contribution in [3.8, 4) is 0 Å². The predicted molar refractivity (Wildman–Crippen MR) is 84.0 cm³/mol. The van der Waals surface area contributed by atoms with Crippen molar-refractivity contribution in [1.82, 2.24) is 20.0 Å². The van der Waals surface area contributed by atoms with Crippen LogP contribution in [0.25, 0.3) is 11.1 Å². The summed E-state index contributed by atoms with van der Waals surface area (Å²) in [4.78, 5) is 28.3. The summed E-state index contributed by atoms with van der Waals surface area (Å²) in [5.74, 6) is -0.238. The third-order valence-electron chi connectivity index (χ3n) is 3.53. The minimum atomic E-state index is -0.327. The molecular weight excluding hydrogens is 296 g/mol. The molecule has 1 amide bonds. The zero-order valence-electron chi connectivity index (χ0n) is 12.7. The number of nitrogens with one attached hydrogen (secondary N) is 1. The summed E-state index contributed by atoms with van der Waals surface area (Å²) in [5.41, 5.74) is 1.48. The molecule has 118 valence electrons. The molecule has 3 aromatic rings. The van der Waals surface area contributed by atoms with Crippen molar-refractivity contribution >= 4 is 17.0 Å². The highest BCUT2D eigenvalue weighted by molar-refractivity contribution is 5.77. The number of hydrogen-bond acceptors (Lipinski definition) is 5. The van der Waals surface area contributed by atoms with Gasteiger partial charge in [-0.25, -0.2) is 4.98 Å². The average Bonchev–Trinajstić information content (AvgIpc) is 2.93. The highest BCUT2D eigenvalue weighted by Crippen LogP contribution is 2.09. The smallest absolute Gasteiger partial charge is 0.267 e. The van der Waals surface area contributed by atoms with Crippen molar-refractivity contribution in [3.05, 3.63) is 58.3 Å². The first-order valence-electron chi connectivity index (χ1n) is 7.27. The second kappa shape index (κ2) is 6.43. The van der Waals surface area contributed by atoms with Crippen LogP contribution in [0.5, 0.6) is 0 Å². The van der Waals surface area contributed by atoms with Crippen LogP contribution in [0.1, 0.15) is 11.3 Å². The number of rotatable bonds is 5. The van der Waals surface area contributed by atoms with E-state index in [1.165, 1.54) is 10.9 Å². The van der Waals surface area contributed by atoms with Crippen LogP contribution < -0.4 is 10.9 Å². The quantitative estimate of drug-likeness (QED) is 0.760. The Morgan fingerprint density at radius 2 is 2.09 bits per heavy atom. The molecule has 0 aliphatic rings. The zero-order chi connectivity index (χ0) is 16.2. The number of aromatic nitrogens is 3. The number of carbonyl (C=O) groups excluding carboxylic acids is 1. The lowest BCUT2D eigenvalue weighted by atomic mass is 10.1. The van der Waals surface area contributed by atoms with Crippen LogP contribution in [0.2, 0.25) is 0 Å². The largest absolute Gasteiger partial charge is 0.354 e. The minimum Gasteiger partial charge on any atom is -0.354 e. The maximum absolute atomic E-state index is 12.3. The predicted octanol–water partition coefficient (Wildman–Crippen LogP) is 1.05. The lowest BCUT2D eigenvalue weighted by Gasteiger charge is -2.07. The summed E-state index contributed by atoms with van der Waals surface area (Å²) < 4.78 is 6.18. The van der Waals surface area contributed by atoms with E-state index in [9.17, 15) is 9.59 Å². The van der Waals surface area contributed by atoms with E-state index in [0.717, 1.165) is 12.0 Å². The Hall–Kier alpha value is -2.96. The minimum absolute atomic E-state index is 0.0822. The number of carbonyl (C=O) groups is 1. The zero-order valence-corrected chi connectivity index (χ0v) is 12.7. The highest BCUT2D eigenvalue weighted by atomic mass is 16.5. The Kier molecular flexibility index (Phi) is 4.18. The SMILES string of the molecule is Cc1noc2ncn(CC(=O)NCCc3ccccc3)c(=O)c12. The van der Waals surface area contributed by atoms with Gasteiger partial charge >= 0.3 is 0 Å². The second-order valence-corrected chi connectivity index (χ2v) is 5.21. The van der Waals surface area contributed by atoms with Crippen molar-refractivity contribution in [1.29, 1.82) is 0 Å². The van der Waals surface area contributed by atoms with E-state index >= 15 is 0 Å². The van der Waals surface area contributed by atoms with E-state index in [1.54, 1.807) is 6.92 Å². The number of amides is 1. The van der Waals surface area contributed by atoms with Gasteiger partial charge in [0.2, 0.25) is 5.91 Å². The summed E-state index contributed by atoms with van der Waals surface area (Å²) in [6, 6.07) is 9.87. The van der Waals surface area contributed by atoms with Crippen LogP contribution in [-0.2, 0) is 17.8 Å². The molecule has 1 aromatic carbocycles. The maximum atomic E-state index is 12.3. The molecule has 0 aliphatic heterocycles. The number of nitrogens with zero attached hydrogens (tertiary/aromatic N) is 3. The van der Waals surface area contributed by atoms with Crippen molar-refractivity contribution in [2.45, 2.75) is 19.9 Å². The molecule has 2 aromatic heterocycles. The Balaban J connectivity index is 1.63. The van der Waals surface area contributed by atoms with Crippen molar-refractivity contribution < 1.29 is 9.32 Å². The second-order valence-electron chi connectivity index (χ2n) is 5.21. The summed E-state index contributed by atoms with van der Waals surface area (Å²) in [5, 5.41) is 6.82. The first-order chi connectivity index (χ1) is 11.1. The van der Waals surface area contributed by atoms with Gasteiger partial charge in [0.25, 0.3) is 11.3 Å². The highest BCUT2D eigenvalue weighted by Gasteiger charge is 2.13. The van der Waals surface area contributed by atoms with Crippen molar-refractivity contribution in [3.63, 3.8) is 0 Å². The fraction of sp³-hybridized carbons (Fsp3) is 0.250. The topological polar surface area (TPSA) is 90.0 Å². The van der Waals surface area contributed by atoms with Crippen LogP contribution >= 0.6 is 0 Å². The normalized spacial score (nSPS) is 10.8. The Morgan fingerprint density at radius 3 is 2.87 bits per heavy atom. The van der Waals surface area contributed by atoms with Crippen LogP contribution in [0.3, 0.4) is 0 Å². The monoisotopic (exact) mass is 312 g/mol. The standard InChI is InChI=1S/C16H16N4O3/c1-11-14-15(23-19-11)18-10-20(16(14)22)9-13(21)17-8-7-12-5-3-2-4-6-12/h2-6,10H,7-9H2,1H3,(H,17,21). The van der Waals surface area contributed by atoms with Crippen LogP contribution in [0, 0.1) is 6.92 Å². The molecule has 7 heteroatoms. The van der Waals surface area contributed by atoms with Gasteiger partial charge in [0.1, 0.15) is 18.3 Å². The lowest BCUT2D eigenvalue weighted by molar-refractivity contribution is -0.121. The van der Waals surface area contributed by atoms with Gasteiger partial charge in [-0.05, 0) is 18.9 Å². The van der Waals surface area contributed by atoms with E-state index in [-0.39, 0.29) is 23.7 Å². The van der Waals surface area contributed by atoms with Gasteiger partial charge in [-0.3, -0.25) is 14.2 Å². The van der Waals surface area contributed by atoms with Gasteiger partial charge in [-0.15, -0.1) is 0 Å². The number of benzene rings is 1. The molecule has 0 fully saturated rings. The van der Waals surface area contributed by atoms with E-state index < -0.39 is 0 Å². The molecule has 0 atom stereocenters. The van der Waals surface area contributed by atoms with Gasteiger partial charge in [-0.2, -0.15) is 0 Å². The average molecular weight is 312 g/mol. The maximum Gasteiger partial charge on any atom is 0.267 e. The van der Waals surface area contributed by atoms with E-state index in [4.69, 9.17) is 4.52 Å². The van der Waals surface area contributed by atoms with Crippen molar-refractivity contribution in [2.24, 2.45) is 0 Å². The van der Waals surface area contributed by atoms with Crippen LogP contribution in [0.15, 0.2) is 46.0 Å². The summed E-state index contributed by atoms with van der Waals surface area (Å²) in [6.07, 6.45) is 2.04. The molecule has 0 unspecified atom stereocenters. The summed E-state index contributed by atoms with van der Waals surface area (Å²) in [6.45, 7) is 2.10. The van der Waals surface area contributed by atoms with Gasteiger partial charge < -0.3 is 9.84 Å². The third kappa shape index (κ3) is 3.28. The van der Waals surface area contributed by atoms with Crippen LogP contribution in [0.4, 0.5) is 0 Å². The molecule has 7 nitrogen and oxygen atoms in total. The molecule has 1 N–H and O–H groups in total. The van der Waals surface area contributed by atoms with Gasteiger partial charge in [-0.1, -0.05) is 35.5 Å². The lowest BCUT2D eigenvalue weighted by Crippen LogP contribution is -2.33. The molecule has 2 heterocycles. The molecule has 0 saturated carbocycles. The number of hydrogen-bond donors (Lipinski definition) is 1. The number of fused-ring (bicyclic) bond motifs is 1. The fourth-order valence-corrected chi connectivity index (χ4v) is 2.32. The Morgan fingerprint density at radius 1 is 1.30 bits per heavy atom. The first kappa shape index (κ1) is 15.0. The Labute approximate surface area is 131 Å². The molecule has 0 spiro atoms. The molecule has 0 bridgehead atoms. The first-order valence-corrected chi connectivity index (χ1v) is 7.27. The third-order valence-corrected chi connectivity index (χ3v) is 3.53. The van der Waals surface area contributed by atoms with E-state index in [0.29, 0.717) is 17.6 Å². The molecule has 23 heavy (non-hydrogen) atoms. The van der Waals surface area contributed by atoms with Gasteiger partial charge in [0.15, 0.2) is 0 Å². The fourth-order valence-electron chi connectivity index (χ4n) is 2.32. The molecule has 0 aliphatic carbocycles. The van der Waals surface area contributed by atoms with E-state index in [2.05, 4.69) is 15.5 Å². The molecule has 0 saturated heterocycles. The Bertz CT molecular complexity index is 883. The number of aryl methyl sites for hydroxylation is 1. The summed E-state index contributed by atoms with van der Waals surface area (Å²) >= 11 is 0. The van der Waals surface area contributed by atoms with Crippen molar-refractivity contribution in [2.75, 3.05) is 6.54 Å². The van der Waals surface area contributed by atoms with Gasteiger partial charge in [0.05, 0.1) is 5.69 Å². The summed E-state index contributed by atoms with van der Waals surface area (Å²) in [7, 11) is 0. The molecular formula is C16H16N4O3. The molecule has 0 radical (unpaired) electrons. The van der Waals surface area contributed by atoms with Gasteiger partial charge in [0, 0.05) is 6.54 Å². The van der Waals surface area contributed by atoms with Crippen LogP contribution in [-0.4, -0.2) is 27.2 Å². The van der Waals surface area contributed by atoms with E-state index in [1.807, 2.05) is 30.3 Å². The molecule has 3 rings (SSSR count).